The third-order valence-corrected chi connectivity index (χ3v) is 2.32. The lowest BCUT2D eigenvalue weighted by atomic mass is 10.0. The first-order chi connectivity index (χ1) is 7.61. The average molecular weight is 218 g/mol. The van der Waals surface area contributed by atoms with E-state index in [9.17, 15) is 9.90 Å². The van der Waals surface area contributed by atoms with Crippen LogP contribution in [-0.2, 0) is 0 Å². The summed E-state index contributed by atoms with van der Waals surface area (Å²) < 4.78 is 4.92. The molecule has 2 aromatic heterocycles. The number of carbonyl (C=O) groups excluding carboxylic acids is 1. The molecule has 5 nitrogen and oxygen atoms in total. The van der Waals surface area contributed by atoms with Gasteiger partial charge in [-0.15, -0.1) is 0 Å². The number of aryl methyl sites for hydroxylation is 1. The number of nitrogens with zero attached hydrogens (tertiary/aromatic N) is 1. The highest BCUT2D eigenvalue weighted by Gasteiger charge is 2.17. The topological polar surface area (TPSA) is 89.3 Å². The SMILES string of the molecule is Cc1ncc(C(N)=O)c(O)c1-c1ccoc1. The summed E-state index contributed by atoms with van der Waals surface area (Å²) in [6, 6.07) is 1.68. The smallest absolute Gasteiger partial charge is 0.254 e. The molecule has 0 atom stereocenters. The molecule has 0 spiro atoms. The Hall–Kier alpha value is -2.30. The van der Waals surface area contributed by atoms with Crippen molar-refractivity contribution < 1.29 is 14.3 Å². The normalized spacial score (nSPS) is 10.3. The quantitative estimate of drug-likeness (QED) is 0.798. The molecule has 5 heteroatoms. The van der Waals surface area contributed by atoms with Crippen LogP contribution in [0.25, 0.3) is 11.1 Å². The molecule has 0 saturated carbocycles. The molecule has 2 heterocycles. The molecule has 0 fully saturated rings. The van der Waals surface area contributed by atoms with Gasteiger partial charge in [-0.25, -0.2) is 0 Å². The molecule has 0 aliphatic carbocycles. The summed E-state index contributed by atoms with van der Waals surface area (Å²) in [5.74, 6) is -0.879. The van der Waals surface area contributed by atoms with Crippen LogP contribution in [0, 0.1) is 6.92 Å². The van der Waals surface area contributed by atoms with Crippen molar-refractivity contribution in [2.75, 3.05) is 0 Å². The maximum Gasteiger partial charge on any atom is 0.254 e. The van der Waals surface area contributed by atoms with Gasteiger partial charge in [-0.05, 0) is 13.0 Å². The highest BCUT2D eigenvalue weighted by Crippen LogP contribution is 2.33. The van der Waals surface area contributed by atoms with Crippen LogP contribution in [0.1, 0.15) is 16.1 Å². The summed E-state index contributed by atoms with van der Waals surface area (Å²) in [6.45, 7) is 1.73. The van der Waals surface area contributed by atoms with Crippen LogP contribution in [0.3, 0.4) is 0 Å². The molecule has 1 amide bonds. The van der Waals surface area contributed by atoms with Crippen molar-refractivity contribution in [3.63, 3.8) is 0 Å². The molecule has 2 rings (SSSR count). The maximum atomic E-state index is 11.1. The molecular weight excluding hydrogens is 208 g/mol. The standard InChI is InChI=1S/C11H10N2O3/c1-6-9(7-2-3-16-5-7)10(14)8(4-13-6)11(12)15/h2-5H,1H3,(H2,12,15)(H,13,14). The molecule has 0 saturated heterocycles. The Morgan fingerprint density at radius 1 is 1.56 bits per heavy atom. The van der Waals surface area contributed by atoms with Gasteiger partial charge in [0.2, 0.25) is 0 Å². The van der Waals surface area contributed by atoms with E-state index in [1.165, 1.54) is 18.7 Å². The predicted molar refractivity (Wildman–Crippen MR) is 56.9 cm³/mol. The van der Waals surface area contributed by atoms with Gasteiger partial charge >= 0.3 is 0 Å². The largest absolute Gasteiger partial charge is 0.506 e. The Balaban J connectivity index is 2.69. The van der Waals surface area contributed by atoms with Gasteiger partial charge in [-0.3, -0.25) is 9.78 Å². The van der Waals surface area contributed by atoms with E-state index >= 15 is 0 Å². The highest BCUT2D eigenvalue weighted by molar-refractivity contribution is 5.97. The van der Waals surface area contributed by atoms with Crippen molar-refractivity contribution in [3.05, 3.63) is 36.0 Å². The molecule has 82 valence electrons. The monoisotopic (exact) mass is 218 g/mol. The number of primary amides is 1. The van der Waals surface area contributed by atoms with Crippen LogP contribution in [0.5, 0.6) is 5.75 Å². The summed E-state index contributed by atoms with van der Waals surface area (Å²) >= 11 is 0. The molecular formula is C11H10N2O3. The van der Waals surface area contributed by atoms with Crippen molar-refractivity contribution in [2.24, 2.45) is 5.73 Å². The van der Waals surface area contributed by atoms with Crippen LogP contribution in [-0.4, -0.2) is 16.0 Å². The molecule has 3 N–H and O–H groups in total. The van der Waals surface area contributed by atoms with E-state index in [4.69, 9.17) is 10.2 Å². The number of amides is 1. The minimum atomic E-state index is -0.713. The number of nitrogens with two attached hydrogens (primary N) is 1. The number of pyridine rings is 1. The number of aromatic hydroxyl groups is 1. The lowest BCUT2D eigenvalue weighted by Gasteiger charge is -2.08. The Morgan fingerprint density at radius 2 is 2.31 bits per heavy atom. The van der Waals surface area contributed by atoms with Gasteiger partial charge < -0.3 is 15.3 Å². The second-order valence-corrected chi connectivity index (χ2v) is 3.36. The fourth-order valence-electron chi connectivity index (χ4n) is 1.53. The van der Waals surface area contributed by atoms with Gasteiger partial charge in [0.05, 0.1) is 18.1 Å². The highest BCUT2D eigenvalue weighted by atomic mass is 16.3. The Kier molecular flexibility index (Phi) is 2.36. The molecule has 2 aromatic rings. The van der Waals surface area contributed by atoms with Gasteiger partial charge in [0, 0.05) is 23.0 Å². The molecule has 0 aliphatic heterocycles. The van der Waals surface area contributed by atoms with Crippen LogP contribution in [0.4, 0.5) is 0 Å². The van der Waals surface area contributed by atoms with Crippen molar-refractivity contribution in [1.82, 2.24) is 4.98 Å². The molecule has 16 heavy (non-hydrogen) atoms. The van der Waals surface area contributed by atoms with Crippen molar-refractivity contribution >= 4 is 5.91 Å². The van der Waals surface area contributed by atoms with Crippen molar-refractivity contribution in [2.45, 2.75) is 6.92 Å². The molecule has 0 radical (unpaired) electrons. The summed E-state index contributed by atoms with van der Waals surface area (Å²) in [4.78, 5) is 15.1. The van der Waals surface area contributed by atoms with Crippen LogP contribution >= 0.6 is 0 Å². The second-order valence-electron chi connectivity index (χ2n) is 3.36. The predicted octanol–water partition coefficient (Wildman–Crippen LogP) is 1.45. The van der Waals surface area contributed by atoms with Crippen LogP contribution in [0.15, 0.2) is 29.2 Å². The van der Waals surface area contributed by atoms with Gasteiger partial charge in [0.1, 0.15) is 5.75 Å². The van der Waals surface area contributed by atoms with Crippen LogP contribution < -0.4 is 5.73 Å². The average Bonchev–Trinajstić information content (AvgIpc) is 2.70. The third-order valence-electron chi connectivity index (χ3n) is 2.32. The second kappa shape index (κ2) is 3.69. The van der Waals surface area contributed by atoms with Gasteiger partial charge in [-0.2, -0.15) is 0 Å². The number of aromatic nitrogens is 1. The fourth-order valence-corrected chi connectivity index (χ4v) is 1.53. The first kappa shape index (κ1) is 10.2. The summed E-state index contributed by atoms with van der Waals surface area (Å²) in [6.07, 6.45) is 4.20. The lowest BCUT2D eigenvalue weighted by molar-refractivity contribution is 0.0997. The first-order valence-electron chi connectivity index (χ1n) is 4.62. The van der Waals surface area contributed by atoms with E-state index in [2.05, 4.69) is 4.98 Å². The number of hydrogen-bond acceptors (Lipinski definition) is 4. The van der Waals surface area contributed by atoms with E-state index in [1.54, 1.807) is 13.0 Å². The van der Waals surface area contributed by atoms with Gasteiger partial charge in [-0.1, -0.05) is 0 Å². The summed E-state index contributed by atoms with van der Waals surface area (Å²) in [5.41, 5.74) is 6.85. The molecule has 0 unspecified atom stereocenters. The van der Waals surface area contributed by atoms with Gasteiger partial charge in [0.25, 0.3) is 5.91 Å². The van der Waals surface area contributed by atoms with E-state index in [0.717, 1.165) is 0 Å². The molecule has 0 aliphatic rings. The van der Waals surface area contributed by atoms with E-state index in [-0.39, 0.29) is 11.3 Å². The Morgan fingerprint density at radius 3 is 2.88 bits per heavy atom. The zero-order chi connectivity index (χ0) is 11.7. The van der Waals surface area contributed by atoms with Gasteiger partial charge in [0.15, 0.2) is 0 Å². The summed E-state index contributed by atoms with van der Waals surface area (Å²) in [5, 5.41) is 9.93. The zero-order valence-corrected chi connectivity index (χ0v) is 8.60. The minimum absolute atomic E-state index is 0.00167. The number of furan rings is 1. The number of hydrogen-bond donors (Lipinski definition) is 2. The Labute approximate surface area is 91.5 Å². The lowest BCUT2D eigenvalue weighted by Crippen LogP contribution is -2.12. The molecule has 0 bridgehead atoms. The number of carbonyl (C=O) groups is 1. The molecule has 0 aromatic carbocycles. The van der Waals surface area contributed by atoms with E-state index in [1.807, 2.05) is 0 Å². The van der Waals surface area contributed by atoms with E-state index < -0.39 is 5.91 Å². The Bertz CT molecular complexity index is 532. The van der Waals surface area contributed by atoms with Crippen LogP contribution in [0.2, 0.25) is 0 Å². The summed E-state index contributed by atoms with van der Waals surface area (Å²) in [7, 11) is 0. The number of rotatable bonds is 2. The maximum absolute atomic E-state index is 11.1. The zero-order valence-electron chi connectivity index (χ0n) is 8.60. The third kappa shape index (κ3) is 1.52. The van der Waals surface area contributed by atoms with E-state index in [0.29, 0.717) is 16.8 Å². The van der Waals surface area contributed by atoms with Crippen molar-refractivity contribution in [1.29, 1.82) is 0 Å². The fraction of sp³-hybridized carbons (Fsp3) is 0.0909. The van der Waals surface area contributed by atoms with Crippen molar-refractivity contribution in [3.8, 4) is 16.9 Å². The minimum Gasteiger partial charge on any atom is -0.506 e. The first-order valence-corrected chi connectivity index (χ1v) is 4.62.